The zero-order valence-corrected chi connectivity index (χ0v) is 15.6. The zero-order chi connectivity index (χ0) is 18.5. The first kappa shape index (κ1) is 18.2. The van der Waals surface area contributed by atoms with E-state index in [2.05, 4.69) is 11.6 Å². The maximum absolute atomic E-state index is 12.0. The van der Waals surface area contributed by atoms with Crippen LogP contribution in [0.25, 0.3) is 0 Å². The molecule has 26 heavy (non-hydrogen) atoms. The second-order valence-electron chi connectivity index (χ2n) is 5.99. The number of aryl methyl sites for hydroxylation is 1. The van der Waals surface area contributed by atoms with Gasteiger partial charge in [0, 0.05) is 16.7 Å². The molecule has 136 valence electrons. The van der Waals surface area contributed by atoms with Crippen molar-refractivity contribution in [2.75, 3.05) is 13.7 Å². The summed E-state index contributed by atoms with van der Waals surface area (Å²) < 4.78 is 11.1. The highest BCUT2D eigenvalue weighted by Gasteiger charge is 2.23. The number of carbonyl (C=O) groups is 1. The van der Waals surface area contributed by atoms with Crippen molar-refractivity contribution in [3.63, 3.8) is 0 Å². The van der Waals surface area contributed by atoms with Crippen molar-refractivity contribution in [2.45, 2.75) is 25.7 Å². The molecule has 0 unspecified atom stereocenters. The Morgan fingerprint density at radius 2 is 2.19 bits per heavy atom. The quantitative estimate of drug-likeness (QED) is 0.590. The molecule has 5 nitrogen and oxygen atoms in total. The summed E-state index contributed by atoms with van der Waals surface area (Å²) in [5.74, 6) is 0.808. The molecule has 0 saturated carbocycles. The van der Waals surface area contributed by atoms with Crippen molar-refractivity contribution in [3.05, 3.63) is 52.4 Å². The van der Waals surface area contributed by atoms with Gasteiger partial charge in [-0.25, -0.2) is 4.99 Å². The molecule has 0 saturated heterocycles. The van der Waals surface area contributed by atoms with Gasteiger partial charge in [-0.2, -0.15) is 0 Å². The zero-order valence-electron chi connectivity index (χ0n) is 14.8. The van der Waals surface area contributed by atoms with E-state index in [-0.39, 0.29) is 0 Å². The summed E-state index contributed by atoms with van der Waals surface area (Å²) in [7, 11) is 1.59. The minimum absolute atomic E-state index is 0.362. The van der Waals surface area contributed by atoms with Crippen molar-refractivity contribution in [2.24, 2.45) is 10.7 Å². The minimum atomic E-state index is -0.412. The van der Waals surface area contributed by atoms with Gasteiger partial charge in [0.2, 0.25) is 0 Å². The largest absolute Gasteiger partial charge is 0.493 e. The molecule has 1 aliphatic carbocycles. The van der Waals surface area contributed by atoms with E-state index in [1.165, 1.54) is 4.88 Å². The molecule has 1 aromatic heterocycles. The van der Waals surface area contributed by atoms with Crippen molar-refractivity contribution in [3.8, 4) is 11.5 Å². The van der Waals surface area contributed by atoms with Crippen LogP contribution in [0.4, 0.5) is 5.00 Å². The van der Waals surface area contributed by atoms with Crippen LogP contribution in [0.2, 0.25) is 0 Å². The molecule has 0 atom stereocenters. The van der Waals surface area contributed by atoms with Crippen molar-refractivity contribution >= 4 is 28.5 Å². The van der Waals surface area contributed by atoms with Gasteiger partial charge in [-0.3, -0.25) is 4.79 Å². The van der Waals surface area contributed by atoms with Gasteiger partial charge >= 0.3 is 0 Å². The van der Waals surface area contributed by atoms with E-state index in [1.54, 1.807) is 30.7 Å². The van der Waals surface area contributed by atoms with E-state index in [1.807, 2.05) is 18.2 Å². The van der Waals surface area contributed by atoms with E-state index < -0.39 is 5.91 Å². The van der Waals surface area contributed by atoms with Crippen LogP contribution in [0.1, 0.15) is 39.2 Å². The lowest BCUT2D eigenvalue weighted by atomic mass is 9.95. The summed E-state index contributed by atoms with van der Waals surface area (Å²) in [6.45, 7) is 4.04. The number of aliphatic imine (C=N–C) groups is 1. The Bertz CT molecular complexity index is 855. The molecule has 1 aliphatic rings. The minimum Gasteiger partial charge on any atom is -0.493 e. The second-order valence-corrected chi connectivity index (χ2v) is 7.08. The van der Waals surface area contributed by atoms with E-state index in [9.17, 15) is 4.79 Å². The number of hydrogen-bond donors (Lipinski definition) is 1. The first-order valence-electron chi connectivity index (χ1n) is 8.54. The molecular formula is C20H22N2O3S. The standard InChI is InChI=1S/C20H22N2O3S/c1-3-11-25-18-13(7-6-9-15(18)24-2)12-22-20-17(19(21)23)14-8-4-5-10-16(14)26-20/h3,6-7,9,12H,1,4-5,8,10-11H2,2H3,(H2,21,23)/b22-12+. The van der Waals surface area contributed by atoms with Gasteiger partial charge in [-0.1, -0.05) is 18.7 Å². The van der Waals surface area contributed by atoms with Crippen LogP contribution >= 0.6 is 11.3 Å². The molecule has 1 aromatic carbocycles. The highest BCUT2D eigenvalue weighted by Crippen LogP contribution is 2.40. The molecule has 1 heterocycles. The van der Waals surface area contributed by atoms with Crippen molar-refractivity contribution in [1.29, 1.82) is 0 Å². The Hall–Kier alpha value is -2.60. The van der Waals surface area contributed by atoms with Crippen LogP contribution in [0.3, 0.4) is 0 Å². The number of para-hydroxylation sites is 1. The monoisotopic (exact) mass is 370 g/mol. The van der Waals surface area contributed by atoms with E-state index in [0.717, 1.165) is 36.8 Å². The topological polar surface area (TPSA) is 73.9 Å². The van der Waals surface area contributed by atoms with Gasteiger partial charge in [-0.15, -0.1) is 11.3 Å². The van der Waals surface area contributed by atoms with Crippen LogP contribution in [0.5, 0.6) is 11.5 Å². The Kier molecular flexibility index (Phi) is 5.73. The van der Waals surface area contributed by atoms with Gasteiger partial charge in [-0.05, 0) is 43.4 Å². The highest BCUT2D eigenvalue weighted by molar-refractivity contribution is 7.16. The van der Waals surface area contributed by atoms with Crippen molar-refractivity contribution < 1.29 is 14.3 Å². The lowest BCUT2D eigenvalue weighted by Gasteiger charge is -2.11. The Labute approximate surface area is 157 Å². The van der Waals surface area contributed by atoms with Crippen LogP contribution < -0.4 is 15.2 Å². The average molecular weight is 370 g/mol. The predicted molar refractivity (Wildman–Crippen MR) is 105 cm³/mol. The Morgan fingerprint density at radius 1 is 1.38 bits per heavy atom. The number of ether oxygens (including phenoxy) is 2. The highest BCUT2D eigenvalue weighted by atomic mass is 32.1. The third-order valence-electron chi connectivity index (χ3n) is 4.29. The number of methoxy groups -OCH3 is 1. The fourth-order valence-corrected chi connectivity index (χ4v) is 4.35. The number of fused-ring (bicyclic) bond motifs is 1. The summed E-state index contributed by atoms with van der Waals surface area (Å²) in [5, 5.41) is 0.668. The molecule has 2 N–H and O–H groups in total. The number of amides is 1. The molecule has 3 rings (SSSR count). The number of nitrogens with two attached hydrogens (primary N) is 1. The molecule has 0 aliphatic heterocycles. The first-order chi connectivity index (χ1) is 12.7. The lowest BCUT2D eigenvalue weighted by molar-refractivity contribution is 0.100. The molecule has 2 aromatic rings. The predicted octanol–water partition coefficient (Wildman–Crippen LogP) is 4.05. The fraction of sp³-hybridized carbons (Fsp3) is 0.300. The van der Waals surface area contributed by atoms with Crippen molar-refractivity contribution in [1.82, 2.24) is 0 Å². The molecule has 0 bridgehead atoms. The maximum atomic E-state index is 12.0. The molecule has 6 heteroatoms. The number of rotatable bonds is 7. The fourth-order valence-electron chi connectivity index (χ4n) is 3.12. The third-order valence-corrected chi connectivity index (χ3v) is 5.49. The number of carbonyl (C=O) groups excluding carboxylic acids is 1. The van der Waals surface area contributed by atoms with Gasteiger partial charge in [0.25, 0.3) is 5.91 Å². The maximum Gasteiger partial charge on any atom is 0.252 e. The Morgan fingerprint density at radius 3 is 2.92 bits per heavy atom. The number of thiophene rings is 1. The average Bonchev–Trinajstić information content (AvgIpc) is 3.03. The summed E-state index contributed by atoms with van der Waals surface area (Å²) in [4.78, 5) is 17.8. The summed E-state index contributed by atoms with van der Waals surface area (Å²) in [6, 6.07) is 5.59. The number of hydrogen-bond acceptors (Lipinski definition) is 5. The lowest BCUT2D eigenvalue weighted by Crippen LogP contribution is -2.14. The van der Waals surface area contributed by atoms with Crippen LogP contribution in [-0.2, 0) is 12.8 Å². The molecule has 0 radical (unpaired) electrons. The molecule has 0 spiro atoms. The number of nitrogens with zero attached hydrogens (tertiary/aromatic N) is 1. The third kappa shape index (κ3) is 3.65. The van der Waals surface area contributed by atoms with Gasteiger partial charge in [0.1, 0.15) is 11.6 Å². The smallest absolute Gasteiger partial charge is 0.252 e. The van der Waals surface area contributed by atoms with Crippen LogP contribution in [0, 0.1) is 0 Å². The van der Waals surface area contributed by atoms with E-state index in [0.29, 0.717) is 28.7 Å². The molecule has 1 amide bonds. The number of benzene rings is 1. The normalized spacial score (nSPS) is 13.4. The van der Waals surface area contributed by atoms with Crippen LogP contribution in [-0.4, -0.2) is 25.8 Å². The second kappa shape index (κ2) is 8.19. The number of primary amides is 1. The molecule has 0 fully saturated rings. The first-order valence-corrected chi connectivity index (χ1v) is 9.36. The summed E-state index contributed by atoms with van der Waals surface area (Å²) in [6.07, 6.45) is 7.48. The van der Waals surface area contributed by atoms with Gasteiger partial charge in [0.15, 0.2) is 11.5 Å². The molecular weight excluding hydrogens is 348 g/mol. The summed E-state index contributed by atoms with van der Waals surface area (Å²) in [5.41, 5.74) is 8.05. The van der Waals surface area contributed by atoms with E-state index >= 15 is 0 Å². The van der Waals surface area contributed by atoms with Gasteiger partial charge in [0.05, 0.1) is 12.7 Å². The summed E-state index contributed by atoms with van der Waals surface area (Å²) >= 11 is 1.56. The van der Waals surface area contributed by atoms with Crippen LogP contribution in [0.15, 0.2) is 35.8 Å². The van der Waals surface area contributed by atoms with E-state index in [4.69, 9.17) is 15.2 Å². The van der Waals surface area contributed by atoms with Gasteiger partial charge < -0.3 is 15.2 Å². The SMILES string of the molecule is C=CCOc1c(/C=N/c2sc3c(c2C(N)=O)CCCC3)cccc1OC. The Balaban J connectivity index is 1.99.